The molecule has 12 heavy (non-hydrogen) atoms. The summed E-state index contributed by atoms with van der Waals surface area (Å²) in [6.07, 6.45) is 3.95. The normalized spacial score (nSPS) is 34.4. The first-order chi connectivity index (χ1) is 5.73. The van der Waals surface area contributed by atoms with Crippen LogP contribution in [0, 0.1) is 0 Å². The highest BCUT2D eigenvalue weighted by Gasteiger charge is 2.44. The van der Waals surface area contributed by atoms with Gasteiger partial charge in [-0.25, -0.2) is 0 Å². The van der Waals surface area contributed by atoms with Gasteiger partial charge in [0.2, 0.25) is 0 Å². The highest BCUT2D eigenvalue weighted by atomic mass is 16.5. The number of ether oxygens (including phenoxy) is 1. The smallest absolute Gasteiger partial charge is 0.133 e. The van der Waals surface area contributed by atoms with E-state index in [1.165, 1.54) is 0 Å². The van der Waals surface area contributed by atoms with E-state index in [4.69, 9.17) is 10.5 Å². The summed E-state index contributed by atoms with van der Waals surface area (Å²) in [6.45, 7) is 0.773. The van der Waals surface area contributed by atoms with Crippen molar-refractivity contribution in [1.82, 2.24) is 0 Å². The van der Waals surface area contributed by atoms with Crippen LogP contribution in [-0.4, -0.2) is 24.0 Å². The van der Waals surface area contributed by atoms with Gasteiger partial charge in [-0.05, 0) is 19.3 Å². The molecule has 0 bridgehead atoms. The van der Waals surface area contributed by atoms with Crippen LogP contribution >= 0.6 is 0 Å². The van der Waals surface area contributed by atoms with Crippen molar-refractivity contribution < 1.29 is 9.53 Å². The van der Waals surface area contributed by atoms with Gasteiger partial charge in [-0.2, -0.15) is 0 Å². The van der Waals surface area contributed by atoms with E-state index >= 15 is 0 Å². The first-order valence-electron chi connectivity index (χ1n) is 4.64. The lowest BCUT2D eigenvalue weighted by Gasteiger charge is -2.35. The highest BCUT2D eigenvalue weighted by molar-refractivity contribution is 5.79. The van der Waals surface area contributed by atoms with Gasteiger partial charge in [0, 0.05) is 25.5 Å². The number of rotatable bonds is 0. The van der Waals surface area contributed by atoms with Gasteiger partial charge >= 0.3 is 0 Å². The van der Waals surface area contributed by atoms with E-state index in [0.29, 0.717) is 18.6 Å². The third-order valence-electron chi connectivity index (χ3n) is 3.15. The number of nitrogens with two attached hydrogens (primary N) is 1. The molecule has 0 aromatic heterocycles. The second kappa shape index (κ2) is 2.82. The molecule has 0 amide bonds. The predicted molar refractivity (Wildman–Crippen MR) is 44.8 cm³/mol. The maximum Gasteiger partial charge on any atom is 0.133 e. The Kier molecular flexibility index (Phi) is 1.93. The third kappa shape index (κ3) is 1.17. The number of hydrogen-bond acceptors (Lipinski definition) is 3. The quantitative estimate of drug-likeness (QED) is 0.578. The molecule has 1 aliphatic carbocycles. The molecule has 3 heteroatoms. The SMILES string of the molecule is NC1CCOC12CCC(=O)CC2. The Bertz CT molecular complexity index is 193. The fourth-order valence-corrected chi connectivity index (χ4v) is 2.23. The molecule has 0 aromatic carbocycles. The van der Waals surface area contributed by atoms with E-state index in [9.17, 15) is 4.79 Å². The van der Waals surface area contributed by atoms with E-state index in [1.807, 2.05) is 0 Å². The van der Waals surface area contributed by atoms with Crippen molar-refractivity contribution in [2.24, 2.45) is 5.73 Å². The minimum Gasteiger partial charge on any atom is -0.373 e. The van der Waals surface area contributed by atoms with Crippen LogP contribution in [0.2, 0.25) is 0 Å². The van der Waals surface area contributed by atoms with Crippen molar-refractivity contribution in [3.05, 3.63) is 0 Å². The number of carbonyl (C=O) groups is 1. The molecule has 0 aromatic rings. The molecule has 1 atom stereocenters. The van der Waals surface area contributed by atoms with Crippen molar-refractivity contribution in [3.63, 3.8) is 0 Å². The Balaban J connectivity index is 2.06. The number of ketones is 1. The summed E-state index contributed by atoms with van der Waals surface area (Å²) < 4.78 is 5.66. The molecule has 1 unspecified atom stereocenters. The molecule has 1 aliphatic heterocycles. The van der Waals surface area contributed by atoms with E-state index in [2.05, 4.69) is 0 Å². The van der Waals surface area contributed by atoms with Crippen LogP contribution in [0.1, 0.15) is 32.1 Å². The highest BCUT2D eigenvalue weighted by Crippen LogP contribution is 2.37. The van der Waals surface area contributed by atoms with Gasteiger partial charge in [-0.1, -0.05) is 0 Å². The zero-order valence-corrected chi connectivity index (χ0v) is 7.21. The van der Waals surface area contributed by atoms with Gasteiger partial charge in [-0.15, -0.1) is 0 Å². The van der Waals surface area contributed by atoms with Crippen molar-refractivity contribution in [2.75, 3.05) is 6.61 Å². The fraction of sp³-hybridized carbons (Fsp3) is 0.889. The number of hydrogen-bond donors (Lipinski definition) is 1. The van der Waals surface area contributed by atoms with E-state index in [1.54, 1.807) is 0 Å². The Morgan fingerprint density at radius 1 is 1.42 bits per heavy atom. The summed E-state index contributed by atoms with van der Waals surface area (Å²) in [5, 5.41) is 0. The summed E-state index contributed by atoms with van der Waals surface area (Å²) >= 11 is 0. The minimum atomic E-state index is -0.131. The lowest BCUT2D eigenvalue weighted by Crippen LogP contribution is -2.47. The molecule has 2 N–H and O–H groups in total. The van der Waals surface area contributed by atoms with Crippen LogP contribution in [-0.2, 0) is 9.53 Å². The molecule has 2 aliphatic rings. The van der Waals surface area contributed by atoms with Crippen molar-refractivity contribution in [3.8, 4) is 0 Å². The van der Waals surface area contributed by atoms with Crippen molar-refractivity contribution in [2.45, 2.75) is 43.7 Å². The van der Waals surface area contributed by atoms with Crippen LogP contribution in [0.25, 0.3) is 0 Å². The zero-order valence-electron chi connectivity index (χ0n) is 7.21. The van der Waals surface area contributed by atoms with Gasteiger partial charge in [0.15, 0.2) is 0 Å². The van der Waals surface area contributed by atoms with Crippen molar-refractivity contribution >= 4 is 5.78 Å². The zero-order chi connectivity index (χ0) is 8.60. The molecule has 1 spiro atoms. The maximum absolute atomic E-state index is 11.0. The Labute approximate surface area is 72.3 Å². The molecule has 1 saturated carbocycles. The van der Waals surface area contributed by atoms with Gasteiger partial charge in [-0.3, -0.25) is 4.79 Å². The summed E-state index contributed by atoms with van der Waals surface area (Å²) in [5.41, 5.74) is 5.82. The van der Waals surface area contributed by atoms with Crippen LogP contribution < -0.4 is 5.73 Å². The lowest BCUT2D eigenvalue weighted by molar-refractivity contribution is -0.126. The Morgan fingerprint density at radius 2 is 2.08 bits per heavy atom. The van der Waals surface area contributed by atoms with Gasteiger partial charge in [0.25, 0.3) is 0 Å². The summed E-state index contributed by atoms with van der Waals surface area (Å²) in [6, 6.07) is 0.158. The molecule has 1 saturated heterocycles. The standard InChI is InChI=1S/C9H15NO2/c10-8-3-6-12-9(8)4-1-7(11)2-5-9/h8H,1-6,10H2. The summed E-state index contributed by atoms with van der Waals surface area (Å²) in [5.74, 6) is 0.364. The molecule has 3 nitrogen and oxygen atoms in total. The van der Waals surface area contributed by atoms with Crippen LogP contribution in [0.15, 0.2) is 0 Å². The van der Waals surface area contributed by atoms with Crippen LogP contribution in [0.4, 0.5) is 0 Å². The second-order valence-corrected chi connectivity index (χ2v) is 3.85. The van der Waals surface area contributed by atoms with E-state index in [-0.39, 0.29) is 11.6 Å². The average Bonchev–Trinajstić information content (AvgIpc) is 2.41. The lowest BCUT2D eigenvalue weighted by atomic mass is 9.79. The maximum atomic E-state index is 11.0. The van der Waals surface area contributed by atoms with E-state index < -0.39 is 0 Å². The molecule has 0 radical (unpaired) electrons. The molecule has 1 heterocycles. The van der Waals surface area contributed by atoms with Gasteiger partial charge in [0.05, 0.1) is 5.60 Å². The molecular formula is C9H15NO2. The fourth-order valence-electron chi connectivity index (χ4n) is 2.23. The largest absolute Gasteiger partial charge is 0.373 e. The topological polar surface area (TPSA) is 52.3 Å². The summed E-state index contributed by atoms with van der Waals surface area (Å²) in [7, 11) is 0. The van der Waals surface area contributed by atoms with Crippen molar-refractivity contribution in [1.29, 1.82) is 0 Å². The van der Waals surface area contributed by atoms with Crippen LogP contribution in [0.5, 0.6) is 0 Å². The third-order valence-corrected chi connectivity index (χ3v) is 3.15. The molecule has 68 valence electrons. The molecular weight excluding hydrogens is 154 g/mol. The molecule has 2 rings (SSSR count). The Morgan fingerprint density at radius 3 is 2.58 bits per heavy atom. The average molecular weight is 169 g/mol. The molecule has 2 fully saturated rings. The van der Waals surface area contributed by atoms with Crippen LogP contribution in [0.3, 0.4) is 0 Å². The van der Waals surface area contributed by atoms with E-state index in [0.717, 1.165) is 25.9 Å². The predicted octanol–water partition coefficient (Wildman–Crippen LogP) is 0.616. The second-order valence-electron chi connectivity index (χ2n) is 3.85. The van der Waals surface area contributed by atoms with Gasteiger partial charge in [0.1, 0.15) is 5.78 Å². The first-order valence-corrected chi connectivity index (χ1v) is 4.64. The number of Topliss-reactive ketones (excluding diaryl/α,β-unsaturated/α-hetero) is 1. The Hall–Kier alpha value is -0.410. The minimum absolute atomic E-state index is 0.131. The van der Waals surface area contributed by atoms with Gasteiger partial charge < -0.3 is 10.5 Å². The number of carbonyl (C=O) groups excluding carboxylic acids is 1. The monoisotopic (exact) mass is 169 g/mol. The first kappa shape index (κ1) is 8.20. The summed E-state index contributed by atoms with van der Waals surface area (Å²) in [4.78, 5) is 11.0.